The zero-order valence-electron chi connectivity index (χ0n) is 11.5. The Morgan fingerprint density at radius 2 is 2.14 bits per heavy atom. The molecule has 7 nitrogen and oxygen atoms in total. The number of benzene rings is 1. The molecule has 108 valence electrons. The molecule has 21 heavy (non-hydrogen) atoms. The molecule has 0 atom stereocenters. The second-order valence-electron chi connectivity index (χ2n) is 5.01. The van der Waals surface area contributed by atoms with Crippen molar-refractivity contribution in [3.63, 3.8) is 0 Å². The third-order valence-corrected chi connectivity index (χ3v) is 3.25. The monoisotopic (exact) mass is 287 g/mol. The molecule has 0 aliphatic carbocycles. The molecule has 0 saturated carbocycles. The van der Waals surface area contributed by atoms with E-state index >= 15 is 0 Å². The van der Waals surface area contributed by atoms with E-state index < -0.39 is 5.97 Å². The number of carboxylic acid groups (broad SMARTS) is 1. The number of aromatic amines is 1. The average Bonchev–Trinajstić information content (AvgIpc) is 3.00. The van der Waals surface area contributed by atoms with Gasteiger partial charge in [-0.3, -0.25) is 4.57 Å². The highest BCUT2D eigenvalue weighted by Gasteiger charge is 2.14. The van der Waals surface area contributed by atoms with Crippen molar-refractivity contribution in [2.75, 3.05) is 0 Å². The van der Waals surface area contributed by atoms with Gasteiger partial charge in [0.25, 0.3) is 0 Å². The van der Waals surface area contributed by atoms with Gasteiger partial charge in [-0.05, 0) is 26.0 Å². The lowest BCUT2D eigenvalue weighted by Crippen LogP contribution is -2.18. The van der Waals surface area contributed by atoms with Gasteiger partial charge in [0.15, 0.2) is 0 Å². The van der Waals surface area contributed by atoms with Crippen molar-refractivity contribution < 1.29 is 14.4 Å². The molecule has 2 N–H and O–H groups in total. The molecular formula is C14H13N3O4. The molecule has 0 aliphatic heterocycles. The minimum absolute atomic E-state index is 0.0442. The van der Waals surface area contributed by atoms with Crippen LogP contribution in [-0.4, -0.2) is 25.8 Å². The van der Waals surface area contributed by atoms with Gasteiger partial charge in [0.05, 0.1) is 11.0 Å². The Hall–Kier alpha value is -2.83. The summed E-state index contributed by atoms with van der Waals surface area (Å²) in [5.74, 6) is -1.40. The van der Waals surface area contributed by atoms with Crippen molar-refractivity contribution in [2.24, 2.45) is 0 Å². The first kappa shape index (κ1) is 13.2. The number of aromatic nitrogens is 3. The molecule has 2 aromatic heterocycles. The van der Waals surface area contributed by atoms with Crippen LogP contribution in [0.1, 0.15) is 30.4 Å². The van der Waals surface area contributed by atoms with Gasteiger partial charge < -0.3 is 14.6 Å². The van der Waals surface area contributed by atoms with E-state index in [1.54, 1.807) is 22.8 Å². The number of aromatic carboxylic acids is 1. The minimum Gasteiger partial charge on any atom is -0.475 e. The summed E-state index contributed by atoms with van der Waals surface area (Å²) in [6.07, 6.45) is 0. The molecular weight excluding hydrogens is 274 g/mol. The maximum Gasteiger partial charge on any atom is 0.374 e. The highest BCUT2D eigenvalue weighted by atomic mass is 16.5. The molecule has 0 amide bonds. The van der Waals surface area contributed by atoms with Gasteiger partial charge in [-0.25, -0.2) is 9.59 Å². The van der Waals surface area contributed by atoms with Crippen LogP contribution in [0.25, 0.3) is 22.3 Å². The van der Waals surface area contributed by atoms with Gasteiger partial charge in [-0.15, -0.1) is 0 Å². The van der Waals surface area contributed by atoms with Crippen molar-refractivity contribution in [2.45, 2.75) is 19.9 Å². The lowest BCUT2D eigenvalue weighted by Gasteiger charge is -2.06. The fourth-order valence-corrected chi connectivity index (χ4v) is 2.32. The van der Waals surface area contributed by atoms with E-state index in [0.29, 0.717) is 16.8 Å². The van der Waals surface area contributed by atoms with E-state index in [-0.39, 0.29) is 17.5 Å². The molecule has 0 saturated heterocycles. The summed E-state index contributed by atoms with van der Waals surface area (Å²) in [6.45, 7) is 3.86. The lowest BCUT2D eigenvalue weighted by molar-refractivity contribution is 0.0652. The number of carbonyl (C=O) groups is 1. The molecule has 0 aliphatic rings. The van der Waals surface area contributed by atoms with Gasteiger partial charge in [0.1, 0.15) is 5.69 Å². The van der Waals surface area contributed by atoms with E-state index in [9.17, 15) is 9.59 Å². The van der Waals surface area contributed by atoms with Crippen LogP contribution in [0.5, 0.6) is 0 Å². The Balaban J connectivity index is 2.13. The number of fused-ring (bicyclic) bond motifs is 1. The number of imidazole rings is 1. The van der Waals surface area contributed by atoms with Crippen molar-refractivity contribution in [1.82, 2.24) is 14.7 Å². The van der Waals surface area contributed by atoms with E-state index in [0.717, 1.165) is 5.52 Å². The Morgan fingerprint density at radius 1 is 1.38 bits per heavy atom. The standard InChI is InChI=1S/C14H13N3O4/c1-7(2)17-11-4-3-8(5-10(11)15-14(17)20)9-6-12(13(18)19)21-16-9/h3-7H,1-2H3,(H,15,20)(H,18,19). The summed E-state index contributed by atoms with van der Waals surface area (Å²) in [5.41, 5.74) is 2.37. The molecule has 3 aromatic rings. The summed E-state index contributed by atoms with van der Waals surface area (Å²) in [6, 6.07) is 6.72. The van der Waals surface area contributed by atoms with E-state index in [1.807, 2.05) is 13.8 Å². The lowest BCUT2D eigenvalue weighted by atomic mass is 10.1. The topological polar surface area (TPSA) is 101 Å². The molecule has 0 spiro atoms. The molecule has 0 fully saturated rings. The van der Waals surface area contributed by atoms with Crippen LogP contribution in [0.2, 0.25) is 0 Å². The second kappa shape index (κ2) is 4.62. The predicted octanol–water partition coefficient (Wildman–Crippen LogP) is 2.26. The van der Waals surface area contributed by atoms with Gasteiger partial charge in [-0.2, -0.15) is 0 Å². The fraction of sp³-hybridized carbons (Fsp3) is 0.214. The third-order valence-electron chi connectivity index (χ3n) is 3.25. The largest absolute Gasteiger partial charge is 0.475 e. The third kappa shape index (κ3) is 2.12. The van der Waals surface area contributed by atoms with Gasteiger partial charge in [-0.1, -0.05) is 11.2 Å². The normalized spacial score (nSPS) is 11.4. The predicted molar refractivity (Wildman–Crippen MR) is 75.4 cm³/mol. The Labute approximate surface area is 118 Å². The van der Waals surface area contributed by atoms with Gasteiger partial charge >= 0.3 is 11.7 Å². The zero-order chi connectivity index (χ0) is 15.1. The summed E-state index contributed by atoms with van der Waals surface area (Å²) in [7, 11) is 0. The van der Waals surface area contributed by atoms with Crippen LogP contribution in [0.15, 0.2) is 33.6 Å². The van der Waals surface area contributed by atoms with Crippen LogP contribution >= 0.6 is 0 Å². The highest BCUT2D eigenvalue weighted by molar-refractivity contribution is 5.87. The van der Waals surface area contributed by atoms with Crippen LogP contribution in [0.3, 0.4) is 0 Å². The van der Waals surface area contributed by atoms with E-state index in [1.165, 1.54) is 6.07 Å². The maximum atomic E-state index is 11.9. The highest BCUT2D eigenvalue weighted by Crippen LogP contribution is 2.24. The molecule has 0 bridgehead atoms. The Morgan fingerprint density at radius 3 is 2.76 bits per heavy atom. The first-order valence-electron chi connectivity index (χ1n) is 6.42. The SMILES string of the molecule is CC(C)n1c(=O)[nH]c2cc(-c3cc(C(=O)O)on3)ccc21. The zero-order valence-corrected chi connectivity index (χ0v) is 11.5. The summed E-state index contributed by atoms with van der Waals surface area (Å²) >= 11 is 0. The van der Waals surface area contributed by atoms with Crippen LogP contribution in [0, 0.1) is 0 Å². The molecule has 0 unspecified atom stereocenters. The number of nitrogens with zero attached hydrogens (tertiary/aromatic N) is 2. The Bertz CT molecular complexity index is 885. The molecule has 1 aromatic carbocycles. The summed E-state index contributed by atoms with van der Waals surface area (Å²) < 4.78 is 6.39. The molecule has 0 radical (unpaired) electrons. The number of hydrogen-bond acceptors (Lipinski definition) is 4. The number of nitrogens with one attached hydrogen (secondary N) is 1. The second-order valence-corrected chi connectivity index (χ2v) is 5.01. The summed E-state index contributed by atoms with van der Waals surface area (Å²) in [5, 5.41) is 12.6. The maximum absolute atomic E-state index is 11.9. The van der Waals surface area contributed by atoms with E-state index in [4.69, 9.17) is 9.63 Å². The molecule has 3 rings (SSSR count). The first-order valence-corrected chi connectivity index (χ1v) is 6.42. The molecule has 7 heteroatoms. The number of hydrogen-bond donors (Lipinski definition) is 2. The number of H-pyrrole nitrogens is 1. The quantitative estimate of drug-likeness (QED) is 0.769. The number of carboxylic acids is 1. The van der Waals surface area contributed by atoms with Gasteiger partial charge in [0, 0.05) is 17.7 Å². The van der Waals surface area contributed by atoms with E-state index in [2.05, 4.69) is 10.1 Å². The van der Waals surface area contributed by atoms with Crippen LogP contribution in [-0.2, 0) is 0 Å². The smallest absolute Gasteiger partial charge is 0.374 e. The first-order chi connectivity index (χ1) is 9.97. The number of rotatable bonds is 3. The van der Waals surface area contributed by atoms with Crippen molar-refractivity contribution >= 4 is 17.0 Å². The van der Waals surface area contributed by atoms with Crippen molar-refractivity contribution in [3.05, 3.63) is 40.5 Å². The summed E-state index contributed by atoms with van der Waals surface area (Å²) in [4.78, 5) is 25.5. The Kier molecular flexibility index (Phi) is 2.90. The van der Waals surface area contributed by atoms with Crippen LogP contribution < -0.4 is 5.69 Å². The van der Waals surface area contributed by atoms with Crippen molar-refractivity contribution in [1.29, 1.82) is 0 Å². The average molecular weight is 287 g/mol. The van der Waals surface area contributed by atoms with Crippen molar-refractivity contribution in [3.8, 4) is 11.3 Å². The fourth-order valence-electron chi connectivity index (χ4n) is 2.32. The van der Waals surface area contributed by atoms with Crippen LogP contribution in [0.4, 0.5) is 0 Å². The van der Waals surface area contributed by atoms with Gasteiger partial charge in [0.2, 0.25) is 5.76 Å². The molecule has 2 heterocycles. The minimum atomic E-state index is -1.17.